The lowest BCUT2D eigenvalue weighted by Gasteiger charge is -2.03. The van der Waals surface area contributed by atoms with E-state index in [-0.39, 0.29) is 5.75 Å². The van der Waals surface area contributed by atoms with Crippen molar-refractivity contribution < 1.29 is 14.6 Å². The number of phenolic OH excluding ortho intramolecular Hbond substituents is 1. The molecule has 1 aromatic carbocycles. The highest BCUT2D eigenvalue weighted by Crippen LogP contribution is 2.33. The maximum absolute atomic E-state index is 11.2. The third kappa shape index (κ3) is 2.36. The molecule has 0 bridgehead atoms. The second kappa shape index (κ2) is 4.61. The minimum atomic E-state index is -0.526. The van der Waals surface area contributed by atoms with Gasteiger partial charge in [0.2, 0.25) is 0 Å². The molecular formula is C9H6Br2O3. The molecule has 1 N–H and O–H groups in total. The van der Waals surface area contributed by atoms with Crippen LogP contribution in [0, 0.1) is 0 Å². The largest absolute Gasteiger partial charge is 0.506 e. The summed E-state index contributed by atoms with van der Waals surface area (Å²) in [6, 6.07) is 2.93. The molecule has 5 heteroatoms. The normalized spacial score (nSPS) is 9.57. The molecule has 0 atom stereocenters. The van der Waals surface area contributed by atoms with Gasteiger partial charge in [-0.3, -0.25) is 0 Å². The van der Waals surface area contributed by atoms with Gasteiger partial charge in [-0.1, -0.05) is 6.58 Å². The van der Waals surface area contributed by atoms with E-state index in [2.05, 4.69) is 43.2 Å². The maximum atomic E-state index is 11.2. The Labute approximate surface area is 97.6 Å². The number of ether oxygens (including phenoxy) is 1. The van der Waals surface area contributed by atoms with Crippen molar-refractivity contribution in [1.82, 2.24) is 0 Å². The van der Waals surface area contributed by atoms with Gasteiger partial charge in [-0.25, -0.2) is 4.79 Å². The number of carbonyl (C=O) groups is 1. The number of benzene rings is 1. The highest BCUT2D eigenvalue weighted by atomic mass is 79.9. The second-order valence-corrected chi connectivity index (χ2v) is 4.07. The van der Waals surface area contributed by atoms with Gasteiger partial charge in [0.1, 0.15) is 5.75 Å². The summed E-state index contributed by atoms with van der Waals surface area (Å²) >= 11 is 6.21. The van der Waals surface area contributed by atoms with Gasteiger partial charge in [-0.15, -0.1) is 0 Å². The maximum Gasteiger partial charge on any atom is 0.342 e. The van der Waals surface area contributed by atoms with Crippen LogP contribution in [0.5, 0.6) is 5.75 Å². The van der Waals surface area contributed by atoms with Crippen LogP contribution in [0.3, 0.4) is 0 Å². The van der Waals surface area contributed by atoms with Gasteiger partial charge in [-0.05, 0) is 44.0 Å². The van der Waals surface area contributed by atoms with Crippen LogP contribution in [0.1, 0.15) is 10.4 Å². The van der Waals surface area contributed by atoms with Gasteiger partial charge in [0.05, 0.1) is 20.8 Å². The minimum absolute atomic E-state index is 0.0418. The highest BCUT2D eigenvalue weighted by Gasteiger charge is 2.11. The Kier molecular flexibility index (Phi) is 3.71. The quantitative estimate of drug-likeness (QED) is 0.672. The van der Waals surface area contributed by atoms with E-state index in [9.17, 15) is 9.90 Å². The van der Waals surface area contributed by atoms with Crippen LogP contribution < -0.4 is 0 Å². The molecule has 0 saturated carbocycles. The first-order valence-corrected chi connectivity index (χ1v) is 5.14. The number of esters is 1. The van der Waals surface area contributed by atoms with Crippen LogP contribution in [0.15, 0.2) is 33.9 Å². The molecule has 1 rings (SSSR count). The molecule has 0 heterocycles. The smallest absolute Gasteiger partial charge is 0.342 e. The van der Waals surface area contributed by atoms with Crippen molar-refractivity contribution in [2.75, 3.05) is 0 Å². The van der Waals surface area contributed by atoms with Crippen molar-refractivity contribution in [1.29, 1.82) is 0 Å². The highest BCUT2D eigenvalue weighted by molar-refractivity contribution is 9.11. The Balaban J connectivity index is 3.12. The molecule has 14 heavy (non-hydrogen) atoms. The number of carbonyl (C=O) groups excluding carboxylic acids is 1. The molecule has 74 valence electrons. The third-order valence-corrected chi connectivity index (χ3v) is 2.65. The van der Waals surface area contributed by atoms with E-state index in [4.69, 9.17) is 0 Å². The standard InChI is InChI=1S/C9H6Br2O3/c1-2-14-9(13)5-3-6(10)8(12)7(11)4-5/h2-4,12H,1H2. The summed E-state index contributed by atoms with van der Waals surface area (Å²) in [6.07, 6.45) is 1.05. The first kappa shape index (κ1) is 11.3. The Morgan fingerprint density at radius 2 is 1.93 bits per heavy atom. The summed E-state index contributed by atoms with van der Waals surface area (Å²) in [5.41, 5.74) is 0.321. The number of aromatic hydroxyl groups is 1. The summed E-state index contributed by atoms with van der Waals surface area (Å²) < 4.78 is 5.42. The number of hydrogen-bond donors (Lipinski definition) is 1. The molecule has 0 unspecified atom stereocenters. The molecule has 0 aromatic heterocycles. The molecule has 0 aliphatic carbocycles. The Morgan fingerprint density at radius 3 is 2.36 bits per heavy atom. The van der Waals surface area contributed by atoms with Crippen molar-refractivity contribution in [2.24, 2.45) is 0 Å². The monoisotopic (exact) mass is 320 g/mol. The van der Waals surface area contributed by atoms with E-state index in [1.807, 2.05) is 0 Å². The first-order chi connectivity index (χ1) is 6.56. The molecular weight excluding hydrogens is 316 g/mol. The van der Waals surface area contributed by atoms with Crippen LogP contribution in [-0.4, -0.2) is 11.1 Å². The average Bonchev–Trinajstić information content (AvgIpc) is 2.13. The van der Waals surface area contributed by atoms with Crippen LogP contribution >= 0.6 is 31.9 Å². The molecule has 0 radical (unpaired) electrons. The molecule has 3 nitrogen and oxygen atoms in total. The third-order valence-electron chi connectivity index (χ3n) is 1.44. The Bertz CT molecular complexity index is 365. The molecule has 0 fully saturated rings. The lowest BCUT2D eigenvalue weighted by molar-refractivity contribution is 0.0664. The topological polar surface area (TPSA) is 46.5 Å². The number of hydrogen-bond acceptors (Lipinski definition) is 3. The zero-order valence-corrected chi connectivity index (χ0v) is 10.1. The predicted octanol–water partition coefficient (Wildman–Crippen LogP) is 3.22. The lowest BCUT2D eigenvalue weighted by atomic mass is 10.2. The zero-order valence-electron chi connectivity index (χ0n) is 6.96. The van der Waals surface area contributed by atoms with Gasteiger partial charge >= 0.3 is 5.97 Å². The predicted molar refractivity (Wildman–Crippen MR) is 59.1 cm³/mol. The second-order valence-electron chi connectivity index (χ2n) is 2.36. The summed E-state index contributed by atoms with van der Waals surface area (Å²) in [7, 11) is 0. The minimum Gasteiger partial charge on any atom is -0.506 e. The van der Waals surface area contributed by atoms with Crippen LogP contribution in [0.2, 0.25) is 0 Å². The van der Waals surface area contributed by atoms with Crippen LogP contribution in [0.4, 0.5) is 0 Å². The Hall–Kier alpha value is -0.810. The lowest BCUT2D eigenvalue weighted by Crippen LogP contribution is -2.00. The molecule has 1 aromatic rings. The number of halogens is 2. The zero-order chi connectivity index (χ0) is 10.7. The van der Waals surface area contributed by atoms with Gasteiger partial charge in [0.25, 0.3) is 0 Å². The molecule has 0 amide bonds. The van der Waals surface area contributed by atoms with E-state index in [0.717, 1.165) is 6.26 Å². The van der Waals surface area contributed by atoms with E-state index >= 15 is 0 Å². The summed E-state index contributed by atoms with van der Waals surface area (Å²) in [5.74, 6) is -0.485. The summed E-state index contributed by atoms with van der Waals surface area (Å²) in [6.45, 7) is 3.27. The van der Waals surface area contributed by atoms with Gasteiger partial charge in [0.15, 0.2) is 0 Å². The van der Waals surface area contributed by atoms with Crippen molar-refractivity contribution >= 4 is 37.8 Å². The molecule has 0 saturated heterocycles. The molecule has 0 spiro atoms. The summed E-state index contributed by atoms with van der Waals surface area (Å²) in [5, 5.41) is 9.38. The molecule has 0 aliphatic rings. The van der Waals surface area contributed by atoms with Crippen molar-refractivity contribution in [3.05, 3.63) is 39.5 Å². The van der Waals surface area contributed by atoms with E-state index in [1.54, 1.807) is 0 Å². The van der Waals surface area contributed by atoms with Gasteiger partial charge in [0, 0.05) is 0 Å². The van der Waals surface area contributed by atoms with Crippen molar-refractivity contribution in [2.45, 2.75) is 0 Å². The summed E-state index contributed by atoms with van der Waals surface area (Å²) in [4.78, 5) is 11.2. The van der Waals surface area contributed by atoms with Crippen LogP contribution in [0.25, 0.3) is 0 Å². The van der Waals surface area contributed by atoms with Gasteiger partial charge < -0.3 is 9.84 Å². The number of phenols is 1. The first-order valence-electron chi connectivity index (χ1n) is 3.56. The van der Waals surface area contributed by atoms with E-state index in [1.165, 1.54) is 12.1 Å². The fourth-order valence-electron chi connectivity index (χ4n) is 0.827. The molecule has 0 aliphatic heterocycles. The van der Waals surface area contributed by atoms with Crippen LogP contribution in [-0.2, 0) is 4.74 Å². The van der Waals surface area contributed by atoms with Crippen molar-refractivity contribution in [3.63, 3.8) is 0 Å². The fourth-order valence-corrected chi connectivity index (χ4v) is 2.01. The van der Waals surface area contributed by atoms with Gasteiger partial charge in [-0.2, -0.15) is 0 Å². The number of rotatable bonds is 2. The Morgan fingerprint density at radius 1 is 1.43 bits per heavy atom. The van der Waals surface area contributed by atoms with E-state index in [0.29, 0.717) is 14.5 Å². The average molecular weight is 322 g/mol. The van der Waals surface area contributed by atoms with Crippen molar-refractivity contribution in [3.8, 4) is 5.75 Å². The SMILES string of the molecule is C=COC(=O)c1cc(Br)c(O)c(Br)c1. The fraction of sp³-hybridized carbons (Fsp3) is 0. The van der Waals surface area contributed by atoms with E-state index < -0.39 is 5.97 Å².